The summed E-state index contributed by atoms with van der Waals surface area (Å²) in [6.07, 6.45) is 0.882. The molecule has 0 fully saturated rings. The second-order valence-electron chi connectivity index (χ2n) is 4.43. The zero-order valence-electron chi connectivity index (χ0n) is 10.4. The number of anilines is 1. The first kappa shape index (κ1) is 12.7. The summed E-state index contributed by atoms with van der Waals surface area (Å²) in [4.78, 5) is 12.7. The second-order valence-corrected chi connectivity index (χ2v) is 4.43. The first-order valence-corrected chi connectivity index (χ1v) is 6.10. The topological polar surface area (TPSA) is 75.8 Å². The van der Waals surface area contributed by atoms with Gasteiger partial charge in [-0.3, -0.25) is 4.79 Å². The molecule has 1 aliphatic rings. The first-order chi connectivity index (χ1) is 8.63. The van der Waals surface area contributed by atoms with Crippen LogP contribution < -0.4 is 15.4 Å². The van der Waals surface area contributed by atoms with Gasteiger partial charge in [0.1, 0.15) is 18.4 Å². The van der Waals surface area contributed by atoms with E-state index in [0.29, 0.717) is 13.1 Å². The fourth-order valence-electron chi connectivity index (χ4n) is 2.13. The monoisotopic (exact) mass is 250 g/mol. The van der Waals surface area contributed by atoms with Gasteiger partial charge in [-0.15, -0.1) is 0 Å². The smallest absolute Gasteiger partial charge is 0.323 e. The molecular formula is C13H18N2O3. The van der Waals surface area contributed by atoms with Crippen molar-refractivity contribution >= 4 is 11.7 Å². The highest BCUT2D eigenvalue weighted by atomic mass is 16.5. The lowest BCUT2D eigenvalue weighted by Gasteiger charge is -2.35. The zero-order chi connectivity index (χ0) is 13.1. The number of hydrogen-bond donors (Lipinski definition) is 2. The van der Waals surface area contributed by atoms with Crippen LogP contribution in [0, 0.1) is 0 Å². The van der Waals surface area contributed by atoms with Crippen molar-refractivity contribution in [1.82, 2.24) is 0 Å². The number of ether oxygens (including phenoxy) is 1. The van der Waals surface area contributed by atoms with Crippen LogP contribution in [0.4, 0.5) is 5.69 Å². The van der Waals surface area contributed by atoms with Gasteiger partial charge in [0, 0.05) is 6.54 Å². The molecule has 98 valence electrons. The average molecular weight is 250 g/mol. The van der Waals surface area contributed by atoms with Crippen LogP contribution in [0.1, 0.15) is 18.9 Å². The highest BCUT2D eigenvalue weighted by Gasteiger charge is 2.26. The lowest BCUT2D eigenvalue weighted by atomic mass is 10.1. The minimum absolute atomic E-state index is 0.00513. The van der Waals surface area contributed by atoms with Gasteiger partial charge < -0.3 is 20.5 Å². The van der Waals surface area contributed by atoms with E-state index >= 15 is 0 Å². The molecule has 1 unspecified atom stereocenters. The number of carboxylic acid groups (broad SMARTS) is 1. The van der Waals surface area contributed by atoms with E-state index in [2.05, 4.69) is 0 Å². The summed E-state index contributed by atoms with van der Waals surface area (Å²) in [6, 6.07) is 5.68. The van der Waals surface area contributed by atoms with Crippen LogP contribution in [-0.2, 0) is 11.3 Å². The molecule has 0 saturated heterocycles. The van der Waals surface area contributed by atoms with Crippen molar-refractivity contribution in [2.24, 2.45) is 5.73 Å². The number of rotatable bonds is 4. The van der Waals surface area contributed by atoms with Crippen LogP contribution in [0.25, 0.3) is 0 Å². The van der Waals surface area contributed by atoms with Crippen molar-refractivity contribution < 1.29 is 14.6 Å². The van der Waals surface area contributed by atoms with E-state index in [-0.39, 0.29) is 12.6 Å². The molecule has 0 bridgehead atoms. The molecule has 3 N–H and O–H groups in total. The van der Waals surface area contributed by atoms with E-state index in [1.165, 1.54) is 0 Å². The molecule has 1 aromatic rings. The summed E-state index contributed by atoms with van der Waals surface area (Å²) in [5.41, 5.74) is 7.42. The maximum Gasteiger partial charge on any atom is 0.323 e. The third kappa shape index (κ3) is 2.56. The number of carbonyl (C=O) groups is 1. The summed E-state index contributed by atoms with van der Waals surface area (Å²) >= 11 is 0. The van der Waals surface area contributed by atoms with Gasteiger partial charge in [0.15, 0.2) is 0 Å². The van der Waals surface area contributed by atoms with Crippen molar-refractivity contribution in [3.05, 3.63) is 23.8 Å². The Kier molecular flexibility index (Phi) is 3.72. The fraction of sp³-hybridized carbons (Fsp3) is 0.462. The van der Waals surface area contributed by atoms with E-state index < -0.39 is 5.97 Å². The van der Waals surface area contributed by atoms with Crippen molar-refractivity contribution in [2.75, 3.05) is 18.0 Å². The van der Waals surface area contributed by atoms with Crippen molar-refractivity contribution in [2.45, 2.75) is 26.0 Å². The van der Waals surface area contributed by atoms with Gasteiger partial charge >= 0.3 is 5.97 Å². The van der Waals surface area contributed by atoms with Gasteiger partial charge in [0.2, 0.25) is 0 Å². The molecule has 0 aliphatic carbocycles. The molecule has 1 heterocycles. The number of aliphatic carboxylic acids is 1. The van der Waals surface area contributed by atoms with E-state index in [9.17, 15) is 4.79 Å². The zero-order valence-corrected chi connectivity index (χ0v) is 10.4. The number of benzene rings is 1. The molecule has 0 saturated carbocycles. The molecule has 5 nitrogen and oxygen atoms in total. The van der Waals surface area contributed by atoms with Gasteiger partial charge in [-0.25, -0.2) is 0 Å². The number of nitrogens with two attached hydrogens (primary N) is 1. The highest BCUT2D eigenvalue weighted by Crippen LogP contribution is 2.34. The Morgan fingerprint density at radius 2 is 2.39 bits per heavy atom. The quantitative estimate of drug-likeness (QED) is 0.840. The standard InChI is InChI=1S/C13H18N2O3/c1-2-10-7-15(8-13(16)17)11-4-3-9(6-14)5-12(11)18-10/h3-5,10H,2,6-8,14H2,1H3,(H,16,17). The van der Waals surface area contributed by atoms with Gasteiger partial charge in [-0.1, -0.05) is 13.0 Å². The van der Waals surface area contributed by atoms with Crippen molar-refractivity contribution in [3.63, 3.8) is 0 Å². The molecule has 0 spiro atoms. The summed E-state index contributed by atoms with van der Waals surface area (Å²) in [6.45, 7) is 3.08. The number of hydrogen-bond acceptors (Lipinski definition) is 4. The maximum absolute atomic E-state index is 10.9. The van der Waals surface area contributed by atoms with E-state index in [1.54, 1.807) is 0 Å². The molecule has 2 rings (SSSR count). The fourth-order valence-corrected chi connectivity index (χ4v) is 2.13. The van der Waals surface area contributed by atoms with Crippen LogP contribution in [0.2, 0.25) is 0 Å². The van der Waals surface area contributed by atoms with Gasteiger partial charge in [0.05, 0.1) is 12.2 Å². The summed E-state index contributed by atoms with van der Waals surface area (Å²) in [5, 5.41) is 8.95. The van der Waals surface area contributed by atoms with E-state index in [0.717, 1.165) is 23.4 Å². The Bertz CT molecular complexity index is 448. The molecule has 1 aromatic carbocycles. The van der Waals surface area contributed by atoms with Crippen LogP contribution >= 0.6 is 0 Å². The molecule has 0 amide bonds. The molecule has 1 aliphatic heterocycles. The van der Waals surface area contributed by atoms with Gasteiger partial charge in [-0.05, 0) is 24.1 Å². The first-order valence-electron chi connectivity index (χ1n) is 6.10. The normalized spacial score (nSPS) is 18.1. The predicted octanol–water partition coefficient (Wildman–Crippen LogP) is 1.21. The van der Waals surface area contributed by atoms with Crippen LogP contribution in [-0.4, -0.2) is 30.3 Å². The Balaban J connectivity index is 2.32. The minimum Gasteiger partial charge on any atom is -0.486 e. The highest BCUT2D eigenvalue weighted by molar-refractivity contribution is 5.75. The van der Waals surface area contributed by atoms with Crippen LogP contribution in [0.15, 0.2) is 18.2 Å². The van der Waals surface area contributed by atoms with Crippen molar-refractivity contribution in [1.29, 1.82) is 0 Å². The summed E-state index contributed by atoms with van der Waals surface area (Å²) in [7, 11) is 0. The molecule has 5 heteroatoms. The second kappa shape index (κ2) is 5.27. The Labute approximate surface area is 106 Å². The van der Waals surface area contributed by atoms with Crippen molar-refractivity contribution in [3.8, 4) is 5.75 Å². The third-order valence-corrected chi connectivity index (χ3v) is 3.10. The lowest BCUT2D eigenvalue weighted by Crippen LogP contribution is -2.42. The number of carboxylic acids is 1. The lowest BCUT2D eigenvalue weighted by molar-refractivity contribution is -0.135. The third-order valence-electron chi connectivity index (χ3n) is 3.10. The summed E-state index contributed by atoms with van der Waals surface area (Å²) in [5.74, 6) is -0.0992. The Morgan fingerprint density at radius 1 is 1.61 bits per heavy atom. The largest absolute Gasteiger partial charge is 0.486 e. The molecule has 18 heavy (non-hydrogen) atoms. The van der Waals surface area contributed by atoms with Crippen LogP contribution in [0.5, 0.6) is 5.75 Å². The maximum atomic E-state index is 10.9. The number of fused-ring (bicyclic) bond motifs is 1. The average Bonchev–Trinajstić information content (AvgIpc) is 2.37. The summed E-state index contributed by atoms with van der Waals surface area (Å²) < 4.78 is 5.85. The van der Waals surface area contributed by atoms with E-state index in [1.807, 2.05) is 30.0 Å². The molecule has 0 radical (unpaired) electrons. The van der Waals surface area contributed by atoms with Gasteiger partial charge in [-0.2, -0.15) is 0 Å². The Hall–Kier alpha value is -1.75. The molecule has 1 atom stereocenters. The van der Waals surface area contributed by atoms with E-state index in [4.69, 9.17) is 15.6 Å². The molecular weight excluding hydrogens is 232 g/mol. The van der Waals surface area contributed by atoms with Gasteiger partial charge in [0.25, 0.3) is 0 Å². The molecule has 0 aromatic heterocycles. The Morgan fingerprint density at radius 3 is 3.00 bits per heavy atom. The minimum atomic E-state index is -0.833. The SMILES string of the molecule is CCC1CN(CC(=O)O)c2ccc(CN)cc2O1. The van der Waals surface area contributed by atoms with Crippen LogP contribution in [0.3, 0.4) is 0 Å². The number of nitrogens with zero attached hydrogens (tertiary/aromatic N) is 1. The predicted molar refractivity (Wildman–Crippen MR) is 68.9 cm³/mol.